The zero-order valence-corrected chi connectivity index (χ0v) is 17.9. The number of pyridine rings is 1. The first-order valence-corrected chi connectivity index (χ1v) is 9.63. The van der Waals surface area contributed by atoms with E-state index in [1.165, 1.54) is 6.07 Å². The van der Waals surface area contributed by atoms with E-state index in [4.69, 9.17) is 14.6 Å². The summed E-state index contributed by atoms with van der Waals surface area (Å²) in [6.07, 6.45) is -4.17. The lowest BCUT2D eigenvalue weighted by atomic mass is 10.1. The van der Waals surface area contributed by atoms with Gasteiger partial charge in [-0.3, -0.25) is 9.59 Å². The SMILES string of the molecule is [2H]C([2H])([2H])Oc1cc(OC(F)(F)F)ccc1Oc1cc(OC(F)F)cc(F)c1C(=O)Nc1ccc(C(N)=O)nc1. The minimum Gasteiger partial charge on any atom is -0.493 e. The van der Waals surface area contributed by atoms with Gasteiger partial charge in [0.05, 0.1) is 23.0 Å². The number of nitrogens with zero attached hydrogens (tertiary/aromatic N) is 1. The summed E-state index contributed by atoms with van der Waals surface area (Å²) < 4.78 is 118. The molecule has 2 aromatic carbocycles. The maximum Gasteiger partial charge on any atom is 0.573 e. The van der Waals surface area contributed by atoms with Crippen molar-refractivity contribution < 1.29 is 59.0 Å². The van der Waals surface area contributed by atoms with Crippen LogP contribution < -0.4 is 30.0 Å². The van der Waals surface area contributed by atoms with Crippen molar-refractivity contribution >= 4 is 17.5 Å². The molecule has 3 rings (SSSR count). The van der Waals surface area contributed by atoms with Crippen LogP contribution in [0.25, 0.3) is 0 Å². The van der Waals surface area contributed by atoms with Crippen LogP contribution >= 0.6 is 0 Å². The number of anilines is 1. The zero-order valence-electron chi connectivity index (χ0n) is 20.9. The molecular formula is C22H15F6N3O6. The second kappa shape index (κ2) is 10.9. The van der Waals surface area contributed by atoms with Crippen LogP contribution in [0.5, 0.6) is 28.7 Å². The molecule has 2 amide bonds. The van der Waals surface area contributed by atoms with Crippen LogP contribution in [0.4, 0.5) is 32.0 Å². The van der Waals surface area contributed by atoms with Crippen LogP contribution in [0.3, 0.4) is 0 Å². The van der Waals surface area contributed by atoms with E-state index in [0.29, 0.717) is 24.3 Å². The molecule has 1 heterocycles. The molecule has 1 aromatic heterocycles. The van der Waals surface area contributed by atoms with Crippen LogP contribution in [0.1, 0.15) is 25.0 Å². The van der Waals surface area contributed by atoms with Crippen molar-refractivity contribution in [2.75, 3.05) is 12.4 Å². The first-order valence-electron chi connectivity index (χ1n) is 11.1. The Morgan fingerprint density at radius 2 is 1.78 bits per heavy atom. The number of aromatic nitrogens is 1. The van der Waals surface area contributed by atoms with Crippen LogP contribution in [-0.2, 0) is 0 Å². The first kappa shape index (κ1) is 22.8. The van der Waals surface area contributed by atoms with E-state index < -0.39 is 72.0 Å². The second-order valence-electron chi connectivity index (χ2n) is 6.77. The molecule has 0 saturated heterocycles. The molecule has 0 saturated carbocycles. The van der Waals surface area contributed by atoms with Gasteiger partial charge in [0.25, 0.3) is 11.8 Å². The highest BCUT2D eigenvalue weighted by molar-refractivity contribution is 6.06. The van der Waals surface area contributed by atoms with E-state index in [1.807, 2.05) is 0 Å². The number of ether oxygens (including phenoxy) is 4. The molecule has 3 aromatic rings. The van der Waals surface area contributed by atoms with Gasteiger partial charge >= 0.3 is 13.0 Å². The van der Waals surface area contributed by atoms with Crippen molar-refractivity contribution in [2.24, 2.45) is 5.73 Å². The molecule has 0 aliphatic heterocycles. The van der Waals surface area contributed by atoms with Crippen molar-refractivity contribution in [1.82, 2.24) is 4.98 Å². The molecule has 0 atom stereocenters. The normalized spacial score (nSPS) is 12.7. The van der Waals surface area contributed by atoms with Crippen LogP contribution in [-0.4, -0.2) is 36.8 Å². The monoisotopic (exact) mass is 534 g/mol. The molecule has 3 N–H and O–H groups in total. The van der Waals surface area contributed by atoms with Crippen molar-refractivity contribution in [3.63, 3.8) is 0 Å². The van der Waals surface area contributed by atoms with Crippen LogP contribution in [0, 0.1) is 5.82 Å². The third kappa shape index (κ3) is 7.16. The molecule has 15 heteroatoms. The summed E-state index contributed by atoms with van der Waals surface area (Å²) in [6.45, 7) is -3.44. The quantitative estimate of drug-likeness (QED) is 0.376. The molecule has 0 fully saturated rings. The Morgan fingerprint density at radius 3 is 2.38 bits per heavy atom. The van der Waals surface area contributed by atoms with Gasteiger partial charge in [-0.1, -0.05) is 0 Å². The molecular weight excluding hydrogens is 516 g/mol. The number of primary amides is 1. The minimum absolute atomic E-state index is 0.0756. The summed E-state index contributed by atoms with van der Waals surface area (Å²) in [5.41, 5.74) is 3.90. The second-order valence-corrected chi connectivity index (χ2v) is 6.77. The number of halogens is 6. The largest absolute Gasteiger partial charge is 0.573 e. The number of hydrogen-bond donors (Lipinski definition) is 2. The average molecular weight is 534 g/mol. The molecule has 0 unspecified atom stereocenters. The molecule has 0 bridgehead atoms. The van der Waals surface area contributed by atoms with Crippen LogP contribution in [0.15, 0.2) is 48.7 Å². The summed E-state index contributed by atoms with van der Waals surface area (Å²) in [5, 5.41) is 2.21. The fourth-order valence-electron chi connectivity index (χ4n) is 2.80. The number of methoxy groups -OCH3 is 1. The molecule has 0 aliphatic carbocycles. The molecule has 0 spiro atoms. The maximum absolute atomic E-state index is 15.0. The summed E-state index contributed by atoms with van der Waals surface area (Å²) >= 11 is 0. The van der Waals surface area contributed by atoms with E-state index in [-0.39, 0.29) is 11.4 Å². The third-order valence-electron chi connectivity index (χ3n) is 4.23. The van der Waals surface area contributed by atoms with Gasteiger partial charge in [-0.25, -0.2) is 9.37 Å². The lowest BCUT2D eigenvalue weighted by Gasteiger charge is -2.17. The number of carbonyl (C=O) groups excluding carboxylic acids is 2. The molecule has 0 aliphatic rings. The highest BCUT2D eigenvalue weighted by Gasteiger charge is 2.31. The predicted octanol–water partition coefficient (Wildman–Crippen LogP) is 4.87. The van der Waals surface area contributed by atoms with Gasteiger partial charge in [-0.2, -0.15) is 8.78 Å². The van der Waals surface area contributed by atoms with E-state index in [2.05, 4.69) is 24.5 Å². The van der Waals surface area contributed by atoms with Crippen molar-refractivity contribution in [3.8, 4) is 28.7 Å². The minimum atomic E-state index is -5.17. The Morgan fingerprint density at radius 1 is 1.05 bits per heavy atom. The van der Waals surface area contributed by atoms with Gasteiger partial charge in [0.2, 0.25) is 0 Å². The average Bonchev–Trinajstić information content (AvgIpc) is 2.78. The van der Waals surface area contributed by atoms with Crippen molar-refractivity contribution in [1.29, 1.82) is 0 Å². The predicted molar refractivity (Wildman–Crippen MR) is 113 cm³/mol. The number of nitrogens with two attached hydrogens (primary N) is 1. The van der Waals surface area contributed by atoms with E-state index >= 15 is 0 Å². The number of carbonyl (C=O) groups is 2. The Labute approximate surface area is 207 Å². The van der Waals surface area contributed by atoms with Gasteiger partial charge in [0.1, 0.15) is 34.3 Å². The van der Waals surface area contributed by atoms with Gasteiger partial charge in [-0.15, -0.1) is 13.2 Å². The lowest BCUT2D eigenvalue weighted by Crippen LogP contribution is -2.17. The fourth-order valence-corrected chi connectivity index (χ4v) is 2.80. The number of hydrogen-bond acceptors (Lipinski definition) is 7. The molecule has 196 valence electrons. The fraction of sp³-hybridized carbons (Fsp3) is 0.136. The van der Waals surface area contributed by atoms with Gasteiger partial charge < -0.3 is 30.0 Å². The molecule has 9 nitrogen and oxygen atoms in total. The highest BCUT2D eigenvalue weighted by Crippen LogP contribution is 2.39. The summed E-state index contributed by atoms with van der Waals surface area (Å²) in [5.74, 6) is -7.74. The maximum atomic E-state index is 15.0. The first-order chi connectivity index (χ1) is 18.5. The van der Waals surface area contributed by atoms with E-state index in [9.17, 15) is 35.9 Å². The number of nitrogens with one attached hydrogen (secondary N) is 1. The highest BCUT2D eigenvalue weighted by atomic mass is 19.4. The Hall–Kier alpha value is -4.69. The zero-order chi connectivity index (χ0) is 29.8. The lowest BCUT2D eigenvalue weighted by molar-refractivity contribution is -0.274. The molecule has 0 radical (unpaired) electrons. The van der Waals surface area contributed by atoms with Crippen LogP contribution in [0.2, 0.25) is 0 Å². The van der Waals surface area contributed by atoms with E-state index in [1.54, 1.807) is 0 Å². The standard InChI is InChI=1S/C22H15F6N3O6/c1-34-16-7-11(37-22(26,27)28)3-5-15(16)36-17-8-12(35-21(24)25)6-13(23)18(17)20(33)31-10-2-4-14(19(29)32)30-9-10/h2-9,21H,1H3,(H2,29,32)(H,31,33)/i1D3. The summed E-state index contributed by atoms with van der Waals surface area (Å²) in [6, 6.07) is 5.26. The molecule has 37 heavy (non-hydrogen) atoms. The summed E-state index contributed by atoms with van der Waals surface area (Å²) in [4.78, 5) is 27.8. The van der Waals surface area contributed by atoms with Gasteiger partial charge in [0.15, 0.2) is 11.5 Å². The van der Waals surface area contributed by atoms with E-state index in [0.717, 1.165) is 18.3 Å². The van der Waals surface area contributed by atoms with Crippen molar-refractivity contribution in [2.45, 2.75) is 13.0 Å². The van der Waals surface area contributed by atoms with Crippen molar-refractivity contribution in [3.05, 3.63) is 65.7 Å². The Balaban J connectivity index is 2.06. The number of amides is 2. The Kier molecular flexibility index (Phi) is 6.72. The smallest absolute Gasteiger partial charge is 0.493 e. The number of alkyl halides is 5. The summed E-state index contributed by atoms with van der Waals surface area (Å²) in [7, 11) is -3.23. The van der Waals surface area contributed by atoms with Gasteiger partial charge in [0, 0.05) is 18.2 Å². The topological polar surface area (TPSA) is 122 Å². The van der Waals surface area contributed by atoms with Gasteiger partial charge in [-0.05, 0) is 24.3 Å². The number of rotatable bonds is 9. The Bertz CT molecular complexity index is 1400. The number of benzene rings is 2. The third-order valence-corrected chi connectivity index (χ3v) is 4.23.